The maximum Gasteiger partial charge on any atom is 0.338 e. The SMILES string of the molecule is CC(OC(=O)c1cccc(N)c1)C(=O)Nc1ccc(F)cc1. The fourth-order valence-electron chi connectivity index (χ4n) is 1.72. The van der Waals surface area contributed by atoms with Crippen molar-refractivity contribution in [2.24, 2.45) is 0 Å². The van der Waals surface area contributed by atoms with Gasteiger partial charge < -0.3 is 15.8 Å². The van der Waals surface area contributed by atoms with Crippen molar-refractivity contribution in [2.45, 2.75) is 13.0 Å². The van der Waals surface area contributed by atoms with E-state index < -0.39 is 23.8 Å². The first-order valence-corrected chi connectivity index (χ1v) is 6.58. The number of nitrogen functional groups attached to an aromatic ring is 1. The molecule has 1 amide bonds. The lowest BCUT2D eigenvalue weighted by atomic mass is 10.2. The van der Waals surface area contributed by atoms with Crippen molar-refractivity contribution in [1.82, 2.24) is 0 Å². The molecule has 1 atom stereocenters. The van der Waals surface area contributed by atoms with Crippen molar-refractivity contribution >= 4 is 23.3 Å². The average molecular weight is 302 g/mol. The number of nitrogens with two attached hydrogens (primary N) is 1. The highest BCUT2D eigenvalue weighted by atomic mass is 19.1. The maximum absolute atomic E-state index is 12.8. The molecule has 2 rings (SSSR count). The first-order chi connectivity index (χ1) is 10.5. The molecule has 0 aliphatic carbocycles. The molecule has 0 aliphatic heterocycles. The normalized spacial score (nSPS) is 11.5. The van der Waals surface area contributed by atoms with Crippen molar-refractivity contribution in [3.05, 3.63) is 59.9 Å². The second kappa shape index (κ2) is 6.71. The van der Waals surface area contributed by atoms with Crippen LogP contribution in [0.3, 0.4) is 0 Å². The van der Waals surface area contributed by atoms with Crippen LogP contribution in [-0.2, 0) is 9.53 Å². The molecule has 0 bridgehead atoms. The van der Waals surface area contributed by atoms with Gasteiger partial charge in [0.2, 0.25) is 0 Å². The zero-order chi connectivity index (χ0) is 16.1. The van der Waals surface area contributed by atoms with Crippen LogP contribution in [0.2, 0.25) is 0 Å². The van der Waals surface area contributed by atoms with E-state index in [2.05, 4.69) is 5.32 Å². The van der Waals surface area contributed by atoms with E-state index in [9.17, 15) is 14.0 Å². The number of halogens is 1. The summed E-state index contributed by atoms with van der Waals surface area (Å²) in [7, 11) is 0. The molecule has 0 fully saturated rings. The summed E-state index contributed by atoms with van der Waals surface area (Å²) in [6.07, 6.45) is -1.00. The smallest absolute Gasteiger partial charge is 0.338 e. The van der Waals surface area contributed by atoms with Gasteiger partial charge in [0.05, 0.1) is 5.56 Å². The molecule has 2 aromatic carbocycles. The molecule has 114 valence electrons. The molecule has 0 spiro atoms. The Balaban J connectivity index is 1.96. The van der Waals surface area contributed by atoms with E-state index in [1.54, 1.807) is 18.2 Å². The van der Waals surface area contributed by atoms with Crippen molar-refractivity contribution in [3.8, 4) is 0 Å². The van der Waals surface area contributed by atoms with E-state index in [1.807, 2.05) is 0 Å². The highest BCUT2D eigenvalue weighted by Crippen LogP contribution is 2.12. The number of anilines is 2. The standard InChI is InChI=1S/C16H15FN2O3/c1-10(15(20)19-14-7-5-12(17)6-8-14)22-16(21)11-3-2-4-13(18)9-11/h2-10H,18H2,1H3,(H,19,20). The molecule has 0 radical (unpaired) electrons. The molecule has 0 saturated heterocycles. The summed E-state index contributed by atoms with van der Waals surface area (Å²) in [5.74, 6) is -1.56. The van der Waals surface area contributed by atoms with E-state index >= 15 is 0 Å². The molecule has 1 unspecified atom stereocenters. The number of benzene rings is 2. The van der Waals surface area contributed by atoms with Gasteiger partial charge in [-0.25, -0.2) is 9.18 Å². The average Bonchev–Trinajstić information content (AvgIpc) is 2.49. The summed E-state index contributed by atoms with van der Waals surface area (Å²) in [6.45, 7) is 1.45. The van der Waals surface area contributed by atoms with Crippen molar-refractivity contribution in [3.63, 3.8) is 0 Å². The van der Waals surface area contributed by atoms with Crippen molar-refractivity contribution < 1.29 is 18.7 Å². The van der Waals surface area contributed by atoms with E-state index in [0.717, 1.165) is 0 Å². The summed E-state index contributed by atoms with van der Waals surface area (Å²) < 4.78 is 17.9. The Morgan fingerprint density at radius 3 is 2.50 bits per heavy atom. The number of hydrogen-bond donors (Lipinski definition) is 2. The Morgan fingerprint density at radius 2 is 1.86 bits per heavy atom. The third-order valence-electron chi connectivity index (χ3n) is 2.89. The lowest BCUT2D eigenvalue weighted by molar-refractivity contribution is -0.123. The largest absolute Gasteiger partial charge is 0.449 e. The van der Waals surface area contributed by atoms with Gasteiger partial charge in [0.25, 0.3) is 5.91 Å². The molecule has 0 heterocycles. The summed E-state index contributed by atoms with van der Waals surface area (Å²) in [6, 6.07) is 11.5. The molecule has 0 saturated carbocycles. The van der Waals surface area contributed by atoms with Crippen molar-refractivity contribution in [1.29, 1.82) is 0 Å². The minimum absolute atomic E-state index is 0.265. The second-order valence-corrected chi connectivity index (χ2v) is 4.67. The Labute approximate surface area is 126 Å². The number of ether oxygens (including phenoxy) is 1. The molecule has 22 heavy (non-hydrogen) atoms. The topological polar surface area (TPSA) is 81.4 Å². The fourth-order valence-corrected chi connectivity index (χ4v) is 1.72. The van der Waals surface area contributed by atoms with E-state index in [1.165, 1.54) is 37.3 Å². The molecule has 5 nitrogen and oxygen atoms in total. The van der Waals surface area contributed by atoms with Crippen LogP contribution in [0.1, 0.15) is 17.3 Å². The summed E-state index contributed by atoms with van der Waals surface area (Å²) in [5.41, 5.74) is 6.69. The predicted octanol–water partition coefficient (Wildman–Crippen LogP) is 2.59. The minimum atomic E-state index is -1.00. The van der Waals surface area contributed by atoms with Crippen LogP contribution >= 0.6 is 0 Å². The molecule has 6 heteroatoms. The van der Waals surface area contributed by atoms with Gasteiger partial charge >= 0.3 is 5.97 Å². The molecule has 0 aromatic heterocycles. The number of rotatable bonds is 4. The lowest BCUT2D eigenvalue weighted by Gasteiger charge is -2.13. The number of carbonyl (C=O) groups is 2. The Kier molecular flexibility index (Phi) is 4.73. The van der Waals surface area contributed by atoms with Gasteiger partial charge in [-0.2, -0.15) is 0 Å². The van der Waals surface area contributed by atoms with Crippen LogP contribution in [0.4, 0.5) is 15.8 Å². The number of amides is 1. The summed E-state index contributed by atoms with van der Waals surface area (Å²) >= 11 is 0. The first-order valence-electron chi connectivity index (χ1n) is 6.58. The van der Waals surface area contributed by atoms with Gasteiger partial charge in [-0.3, -0.25) is 4.79 Å². The summed E-state index contributed by atoms with van der Waals surface area (Å²) in [4.78, 5) is 23.8. The van der Waals surface area contributed by atoms with Crippen LogP contribution in [0, 0.1) is 5.82 Å². The van der Waals surface area contributed by atoms with Gasteiger partial charge in [0.1, 0.15) is 5.82 Å². The molecule has 0 aliphatic rings. The van der Waals surface area contributed by atoms with Crippen LogP contribution in [0.15, 0.2) is 48.5 Å². The molecule has 2 aromatic rings. The zero-order valence-corrected chi connectivity index (χ0v) is 11.9. The molecule has 3 N–H and O–H groups in total. The number of hydrogen-bond acceptors (Lipinski definition) is 4. The van der Waals surface area contributed by atoms with Gasteiger partial charge in [-0.05, 0) is 49.4 Å². The van der Waals surface area contributed by atoms with Gasteiger partial charge in [-0.1, -0.05) is 6.07 Å². The van der Waals surface area contributed by atoms with Crippen molar-refractivity contribution in [2.75, 3.05) is 11.1 Å². The van der Waals surface area contributed by atoms with E-state index in [0.29, 0.717) is 11.4 Å². The number of nitrogens with one attached hydrogen (secondary N) is 1. The minimum Gasteiger partial charge on any atom is -0.449 e. The molecular formula is C16H15FN2O3. The number of carbonyl (C=O) groups excluding carboxylic acids is 2. The maximum atomic E-state index is 12.8. The van der Waals surface area contributed by atoms with Gasteiger partial charge in [0.15, 0.2) is 6.10 Å². The predicted molar refractivity (Wildman–Crippen MR) is 80.8 cm³/mol. The quantitative estimate of drug-likeness (QED) is 0.672. The van der Waals surface area contributed by atoms with E-state index in [4.69, 9.17) is 10.5 Å². The Hall–Kier alpha value is -2.89. The molecular weight excluding hydrogens is 287 g/mol. The summed E-state index contributed by atoms with van der Waals surface area (Å²) in [5, 5.41) is 2.53. The van der Waals surface area contributed by atoms with Crippen LogP contribution in [0.25, 0.3) is 0 Å². The van der Waals surface area contributed by atoms with Gasteiger partial charge in [0, 0.05) is 11.4 Å². The third kappa shape index (κ3) is 4.05. The monoisotopic (exact) mass is 302 g/mol. The Bertz CT molecular complexity index is 686. The highest BCUT2D eigenvalue weighted by Gasteiger charge is 2.19. The Morgan fingerprint density at radius 1 is 1.18 bits per heavy atom. The third-order valence-corrected chi connectivity index (χ3v) is 2.89. The van der Waals surface area contributed by atoms with E-state index in [-0.39, 0.29) is 5.56 Å². The fraction of sp³-hybridized carbons (Fsp3) is 0.125. The van der Waals surface area contributed by atoms with Crippen LogP contribution in [0.5, 0.6) is 0 Å². The van der Waals surface area contributed by atoms with Crippen LogP contribution in [-0.4, -0.2) is 18.0 Å². The van der Waals surface area contributed by atoms with Crippen LogP contribution < -0.4 is 11.1 Å². The zero-order valence-electron chi connectivity index (χ0n) is 11.9. The van der Waals surface area contributed by atoms with Gasteiger partial charge in [-0.15, -0.1) is 0 Å². The first kappa shape index (κ1) is 15.5. The second-order valence-electron chi connectivity index (χ2n) is 4.67. The lowest BCUT2D eigenvalue weighted by Crippen LogP contribution is -2.30. The highest BCUT2D eigenvalue weighted by molar-refractivity contribution is 5.97. The number of esters is 1.